The lowest BCUT2D eigenvalue weighted by Crippen LogP contribution is -2.47. The molecule has 1 aliphatic rings. The van der Waals surface area contributed by atoms with Gasteiger partial charge < -0.3 is 4.98 Å². The van der Waals surface area contributed by atoms with E-state index in [0.29, 0.717) is 6.42 Å². The minimum absolute atomic E-state index is 0.108. The van der Waals surface area contributed by atoms with E-state index in [0.717, 1.165) is 11.2 Å². The highest BCUT2D eigenvalue weighted by molar-refractivity contribution is 5.88. The van der Waals surface area contributed by atoms with Gasteiger partial charge in [0.25, 0.3) is 5.91 Å². The Hall–Kier alpha value is -2.14. The Bertz CT molecular complexity index is 646. The second-order valence-corrected chi connectivity index (χ2v) is 4.84. The van der Waals surface area contributed by atoms with Crippen LogP contribution in [0, 0.1) is 0 Å². The lowest BCUT2D eigenvalue weighted by Gasteiger charge is -2.27. The summed E-state index contributed by atoms with van der Waals surface area (Å²) in [4.78, 5) is 15.3. The Kier molecular flexibility index (Phi) is 2.83. The molecule has 1 aromatic heterocycles. The van der Waals surface area contributed by atoms with Gasteiger partial charge in [-0.2, -0.15) is 5.10 Å². The number of para-hydroxylation sites is 1. The number of hydrogen-bond donors (Lipinski definition) is 3. The van der Waals surface area contributed by atoms with Crippen LogP contribution in [0.15, 0.2) is 29.4 Å². The first-order valence-electron chi connectivity index (χ1n) is 6.32. The van der Waals surface area contributed by atoms with Crippen molar-refractivity contribution in [2.24, 2.45) is 5.10 Å². The van der Waals surface area contributed by atoms with Gasteiger partial charge in [-0.25, -0.2) is 5.43 Å². The molecule has 19 heavy (non-hydrogen) atoms. The summed E-state index contributed by atoms with van der Waals surface area (Å²) in [7, 11) is 0. The van der Waals surface area contributed by atoms with Crippen molar-refractivity contribution in [1.82, 2.24) is 15.7 Å². The highest BCUT2D eigenvalue weighted by Gasteiger charge is 2.30. The third kappa shape index (κ3) is 1.92. The van der Waals surface area contributed by atoms with Crippen LogP contribution in [0.5, 0.6) is 0 Å². The number of carbonyl (C=O) groups is 1. The van der Waals surface area contributed by atoms with E-state index in [2.05, 4.69) is 46.6 Å². The highest BCUT2D eigenvalue weighted by Crippen LogP contribution is 2.31. The summed E-state index contributed by atoms with van der Waals surface area (Å²) in [5.41, 5.74) is 5.90. The Labute approximate surface area is 111 Å². The standard InChI is InChI=1S/C14H16N4O/c1-8-13-10(7-12(16-8)14(19)18-15-2)9-5-3-4-6-11(9)17-13/h3-6,8,12,16-17H,2,7H2,1H3,(H,18,19)/t8-,12-/m0/s1. The molecule has 2 aromatic rings. The lowest BCUT2D eigenvalue weighted by molar-refractivity contribution is -0.123. The molecule has 0 radical (unpaired) electrons. The monoisotopic (exact) mass is 256 g/mol. The average Bonchev–Trinajstić information content (AvgIpc) is 2.78. The van der Waals surface area contributed by atoms with E-state index >= 15 is 0 Å². The van der Waals surface area contributed by atoms with E-state index in [1.807, 2.05) is 12.1 Å². The summed E-state index contributed by atoms with van der Waals surface area (Å²) in [6.45, 7) is 5.33. The lowest BCUT2D eigenvalue weighted by atomic mass is 9.94. The first-order chi connectivity index (χ1) is 9.20. The number of aromatic amines is 1. The molecule has 5 heteroatoms. The maximum Gasteiger partial charge on any atom is 0.257 e. The Morgan fingerprint density at radius 2 is 2.26 bits per heavy atom. The van der Waals surface area contributed by atoms with Crippen molar-refractivity contribution in [3.8, 4) is 0 Å². The molecule has 1 aliphatic heterocycles. The minimum atomic E-state index is -0.271. The van der Waals surface area contributed by atoms with Gasteiger partial charge in [-0.15, -0.1) is 0 Å². The molecule has 0 spiro atoms. The van der Waals surface area contributed by atoms with Crippen LogP contribution in [0.25, 0.3) is 10.9 Å². The summed E-state index contributed by atoms with van der Waals surface area (Å²) in [6, 6.07) is 8.01. The third-order valence-corrected chi connectivity index (χ3v) is 3.64. The van der Waals surface area contributed by atoms with Gasteiger partial charge in [0.2, 0.25) is 0 Å². The molecule has 98 valence electrons. The topological polar surface area (TPSA) is 69.3 Å². The van der Waals surface area contributed by atoms with Crippen LogP contribution in [0.3, 0.4) is 0 Å². The Morgan fingerprint density at radius 3 is 3.05 bits per heavy atom. The van der Waals surface area contributed by atoms with E-state index in [9.17, 15) is 4.79 Å². The second kappa shape index (κ2) is 4.51. The van der Waals surface area contributed by atoms with Gasteiger partial charge in [-0.05, 0) is 25.0 Å². The van der Waals surface area contributed by atoms with Crippen molar-refractivity contribution in [2.45, 2.75) is 25.4 Å². The molecule has 0 unspecified atom stereocenters. The molecule has 0 fully saturated rings. The largest absolute Gasteiger partial charge is 0.357 e. The number of aromatic nitrogens is 1. The number of H-pyrrole nitrogens is 1. The summed E-state index contributed by atoms with van der Waals surface area (Å²) >= 11 is 0. The van der Waals surface area contributed by atoms with Crippen molar-refractivity contribution in [2.75, 3.05) is 0 Å². The maximum absolute atomic E-state index is 11.9. The first-order valence-corrected chi connectivity index (χ1v) is 6.32. The van der Waals surface area contributed by atoms with Crippen molar-refractivity contribution >= 4 is 23.5 Å². The molecule has 0 aliphatic carbocycles. The molecule has 5 nitrogen and oxygen atoms in total. The molecule has 0 bridgehead atoms. The molecule has 0 saturated carbocycles. The predicted octanol–water partition coefficient (Wildman–Crippen LogP) is 1.48. The molecule has 0 saturated heterocycles. The number of fused-ring (bicyclic) bond motifs is 3. The number of nitrogens with zero attached hydrogens (tertiary/aromatic N) is 1. The van der Waals surface area contributed by atoms with Crippen LogP contribution in [0.1, 0.15) is 24.2 Å². The maximum atomic E-state index is 11.9. The molecular formula is C14H16N4O. The number of amides is 1. The van der Waals surface area contributed by atoms with Crippen LogP contribution >= 0.6 is 0 Å². The molecule has 1 amide bonds. The fourth-order valence-corrected chi connectivity index (χ4v) is 2.78. The number of nitrogens with one attached hydrogen (secondary N) is 3. The van der Waals surface area contributed by atoms with Crippen LogP contribution < -0.4 is 10.7 Å². The van der Waals surface area contributed by atoms with E-state index < -0.39 is 0 Å². The molecule has 3 N–H and O–H groups in total. The summed E-state index contributed by atoms with van der Waals surface area (Å²) < 4.78 is 0. The molecule has 3 rings (SSSR count). The smallest absolute Gasteiger partial charge is 0.257 e. The van der Waals surface area contributed by atoms with E-state index in [-0.39, 0.29) is 18.0 Å². The zero-order chi connectivity index (χ0) is 13.4. The average molecular weight is 256 g/mol. The third-order valence-electron chi connectivity index (χ3n) is 3.64. The zero-order valence-electron chi connectivity index (χ0n) is 10.7. The normalized spacial score (nSPS) is 21.9. The number of hydrazone groups is 1. The number of carbonyl (C=O) groups excluding carboxylic acids is 1. The van der Waals surface area contributed by atoms with E-state index in [1.165, 1.54) is 10.9 Å². The Balaban J connectivity index is 2.02. The summed E-state index contributed by atoms with van der Waals surface area (Å²) in [5, 5.41) is 7.92. The zero-order valence-corrected chi connectivity index (χ0v) is 10.7. The van der Waals surface area contributed by atoms with Gasteiger partial charge in [0.1, 0.15) is 0 Å². The number of hydrogen-bond acceptors (Lipinski definition) is 3. The second-order valence-electron chi connectivity index (χ2n) is 4.84. The summed E-state index contributed by atoms with van der Waals surface area (Å²) in [5.74, 6) is -0.141. The van der Waals surface area contributed by atoms with E-state index in [4.69, 9.17) is 0 Å². The van der Waals surface area contributed by atoms with Crippen LogP contribution in [0.2, 0.25) is 0 Å². The molecule has 1 aromatic carbocycles. The minimum Gasteiger partial charge on any atom is -0.357 e. The van der Waals surface area contributed by atoms with Gasteiger partial charge in [-0.1, -0.05) is 18.2 Å². The quantitative estimate of drug-likeness (QED) is 0.562. The van der Waals surface area contributed by atoms with Crippen LogP contribution in [0.4, 0.5) is 0 Å². The molecular weight excluding hydrogens is 240 g/mol. The van der Waals surface area contributed by atoms with Gasteiger partial charge in [0.05, 0.1) is 6.04 Å². The van der Waals surface area contributed by atoms with Crippen LogP contribution in [-0.2, 0) is 11.2 Å². The SMILES string of the molecule is C=NNC(=O)[C@@H]1Cc2c([nH]c3ccccc23)[C@H](C)N1. The van der Waals surface area contributed by atoms with Gasteiger partial charge >= 0.3 is 0 Å². The van der Waals surface area contributed by atoms with Gasteiger partial charge in [-0.3, -0.25) is 10.1 Å². The highest BCUT2D eigenvalue weighted by atomic mass is 16.2. The molecule has 2 heterocycles. The van der Waals surface area contributed by atoms with Crippen molar-refractivity contribution in [3.05, 3.63) is 35.5 Å². The van der Waals surface area contributed by atoms with Crippen molar-refractivity contribution in [1.29, 1.82) is 0 Å². The first kappa shape index (κ1) is 11.9. The molecule has 2 atom stereocenters. The number of rotatable bonds is 2. The number of benzene rings is 1. The van der Waals surface area contributed by atoms with Gasteiger partial charge in [0, 0.05) is 29.4 Å². The van der Waals surface area contributed by atoms with E-state index in [1.54, 1.807) is 0 Å². The van der Waals surface area contributed by atoms with Crippen molar-refractivity contribution in [3.63, 3.8) is 0 Å². The Morgan fingerprint density at radius 1 is 1.47 bits per heavy atom. The predicted molar refractivity (Wildman–Crippen MR) is 75.0 cm³/mol. The van der Waals surface area contributed by atoms with Crippen molar-refractivity contribution < 1.29 is 4.79 Å². The fraction of sp³-hybridized carbons (Fsp3) is 0.286. The van der Waals surface area contributed by atoms with Gasteiger partial charge in [0.15, 0.2) is 0 Å². The van der Waals surface area contributed by atoms with Crippen LogP contribution in [-0.4, -0.2) is 23.7 Å². The fourth-order valence-electron chi connectivity index (χ4n) is 2.78. The summed E-state index contributed by atoms with van der Waals surface area (Å²) in [6.07, 6.45) is 0.658.